The Morgan fingerprint density at radius 3 is 2.15 bits per heavy atom. The highest BCUT2D eigenvalue weighted by Gasteiger charge is 2.47. The number of fused-ring (bicyclic) bond motifs is 2. The van der Waals surface area contributed by atoms with Gasteiger partial charge in [-0.2, -0.15) is 0 Å². The van der Waals surface area contributed by atoms with Crippen molar-refractivity contribution >= 4 is 0 Å². The van der Waals surface area contributed by atoms with Crippen LogP contribution in [0.15, 0.2) is 0 Å². The topological polar surface area (TPSA) is 18.5 Å². The standard InChI is InChI=1S/C18H32O2/c1-13-14(2)17-12-16(13)11-15(17)7-5-3-4-6-8-18-19-9-10-20-18/h13-18H,3-12H2,1-2H3. The van der Waals surface area contributed by atoms with Crippen molar-refractivity contribution in [2.75, 3.05) is 13.2 Å². The first-order valence-electron chi connectivity index (χ1n) is 8.99. The predicted octanol–water partition coefficient (Wildman–Crippen LogP) is 4.63. The van der Waals surface area contributed by atoms with E-state index >= 15 is 0 Å². The van der Waals surface area contributed by atoms with Crippen molar-refractivity contribution in [1.29, 1.82) is 0 Å². The molecule has 2 nitrogen and oxygen atoms in total. The summed E-state index contributed by atoms with van der Waals surface area (Å²) in [5.74, 6) is 5.19. The Balaban J connectivity index is 1.24. The van der Waals surface area contributed by atoms with Gasteiger partial charge in [-0.15, -0.1) is 0 Å². The van der Waals surface area contributed by atoms with E-state index in [0.29, 0.717) is 0 Å². The molecule has 0 aromatic rings. The normalized spacial score (nSPS) is 40.8. The minimum atomic E-state index is 0.114. The van der Waals surface area contributed by atoms with Gasteiger partial charge in [-0.25, -0.2) is 0 Å². The van der Waals surface area contributed by atoms with Gasteiger partial charge < -0.3 is 9.47 Å². The van der Waals surface area contributed by atoms with Crippen molar-refractivity contribution in [3.63, 3.8) is 0 Å². The molecule has 1 heterocycles. The Morgan fingerprint density at radius 2 is 1.50 bits per heavy atom. The average Bonchev–Trinajstić information content (AvgIpc) is 3.14. The molecule has 0 spiro atoms. The Kier molecular flexibility index (Phi) is 5.04. The molecule has 2 heteroatoms. The first kappa shape index (κ1) is 14.8. The second kappa shape index (κ2) is 6.79. The van der Waals surface area contributed by atoms with Gasteiger partial charge in [0.2, 0.25) is 0 Å². The molecule has 5 atom stereocenters. The van der Waals surface area contributed by atoms with Gasteiger partial charge in [-0.05, 0) is 55.3 Å². The average molecular weight is 280 g/mol. The maximum atomic E-state index is 5.47. The van der Waals surface area contributed by atoms with Gasteiger partial charge >= 0.3 is 0 Å². The summed E-state index contributed by atoms with van der Waals surface area (Å²) in [6, 6.07) is 0. The summed E-state index contributed by atoms with van der Waals surface area (Å²) in [5, 5.41) is 0. The van der Waals surface area contributed by atoms with Crippen molar-refractivity contribution in [3.05, 3.63) is 0 Å². The summed E-state index contributed by atoms with van der Waals surface area (Å²) in [6.45, 7) is 6.58. The second-order valence-corrected chi connectivity index (χ2v) is 7.54. The van der Waals surface area contributed by atoms with Crippen LogP contribution in [0.4, 0.5) is 0 Å². The van der Waals surface area contributed by atoms with E-state index in [2.05, 4.69) is 13.8 Å². The number of unbranched alkanes of at least 4 members (excludes halogenated alkanes) is 3. The lowest BCUT2D eigenvalue weighted by molar-refractivity contribution is -0.0480. The van der Waals surface area contributed by atoms with E-state index in [9.17, 15) is 0 Å². The predicted molar refractivity (Wildman–Crippen MR) is 81.4 cm³/mol. The number of ether oxygens (including phenoxy) is 2. The Hall–Kier alpha value is -0.0800. The molecule has 116 valence electrons. The highest BCUT2D eigenvalue weighted by molar-refractivity contribution is 4.97. The fraction of sp³-hybridized carbons (Fsp3) is 1.00. The summed E-state index contributed by atoms with van der Waals surface area (Å²) in [5.41, 5.74) is 0. The van der Waals surface area contributed by atoms with Crippen LogP contribution in [0.25, 0.3) is 0 Å². The van der Waals surface area contributed by atoms with E-state index in [1.165, 1.54) is 32.1 Å². The first-order valence-corrected chi connectivity index (χ1v) is 8.99. The van der Waals surface area contributed by atoms with Crippen LogP contribution >= 0.6 is 0 Å². The van der Waals surface area contributed by atoms with E-state index in [-0.39, 0.29) is 6.29 Å². The fourth-order valence-electron chi connectivity index (χ4n) is 5.07. The van der Waals surface area contributed by atoms with Crippen LogP contribution in [0.3, 0.4) is 0 Å². The van der Waals surface area contributed by atoms with Gasteiger partial charge in [-0.1, -0.05) is 39.5 Å². The molecule has 20 heavy (non-hydrogen) atoms. The van der Waals surface area contributed by atoms with Crippen molar-refractivity contribution < 1.29 is 9.47 Å². The fourth-order valence-corrected chi connectivity index (χ4v) is 5.07. The molecule has 1 aliphatic heterocycles. The van der Waals surface area contributed by atoms with E-state index in [1.807, 2.05) is 0 Å². The Bertz CT molecular complexity index is 296. The number of hydrogen-bond donors (Lipinski definition) is 0. The zero-order valence-corrected chi connectivity index (χ0v) is 13.4. The second-order valence-electron chi connectivity index (χ2n) is 7.54. The van der Waals surface area contributed by atoms with Crippen LogP contribution in [0.2, 0.25) is 0 Å². The lowest BCUT2D eigenvalue weighted by Gasteiger charge is -2.31. The van der Waals surface area contributed by atoms with E-state index < -0.39 is 0 Å². The Labute approximate surface area is 124 Å². The molecule has 0 aromatic heterocycles. The molecule has 3 rings (SSSR count). The minimum Gasteiger partial charge on any atom is -0.350 e. The molecule has 0 radical (unpaired) electrons. The molecule has 5 unspecified atom stereocenters. The molecule has 0 N–H and O–H groups in total. The van der Waals surface area contributed by atoms with Gasteiger partial charge in [-0.3, -0.25) is 0 Å². The van der Waals surface area contributed by atoms with E-state index in [1.54, 1.807) is 12.8 Å². The molecule has 1 saturated heterocycles. The summed E-state index contributed by atoms with van der Waals surface area (Å²) in [7, 11) is 0. The minimum absolute atomic E-state index is 0.114. The molecule has 2 bridgehead atoms. The van der Waals surface area contributed by atoms with E-state index in [4.69, 9.17) is 9.47 Å². The quantitative estimate of drug-likeness (QED) is 0.633. The van der Waals surface area contributed by atoms with Gasteiger partial charge in [0.25, 0.3) is 0 Å². The molecule has 3 fully saturated rings. The van der Waals surface area contributed by atoms with Crippen molar-refractivity contribution in [3.8, 4) is 0 Å². The van der Waals surface area contributed by atoms with Crippen LogP contribution in [0.5, 0.6) is 0 Å². The van der Waals surface area contributed by atoms with Gasteiger partial charge in [0.15, 0.2) is 6.29 Å². The number of hydrogen-bond acceptors (Lipinski definition) is 2. The summed E-state index contributed by atoms with van der Waals surface area (Å²) >= 11 is 0. The molecule has 2 saturated carbocycles. The summed E-state index contributed by atoms with van der Waals surface area (Å²) in [6.07, 6.45) is 11.3. The molecular formula is C18H32O2. The largest absolute Gasteiger partial charge is 0.350 e. The molecule has 3 aliphatic rings. The van der Waals surface area contributed by atoms with Crippen molar-refractivity contribution in [2.24, 2.45) is 29.6 Å². The van der Waals surface area contributed by atoms with Gasteiger partial charge in [0.05, 0.1) is 13.2 Å². The van der Waals surface area contributed by atoms with Crippen LogP contribution in [-0.2, 0) is 9.47 Å². The number of rotatable bonds is 7. The van der Waals surface area contributed by atoms with Crippen LogP contribution in [-0.4, -0.2) is 19.5 Å². The molecular weight excluding hydrogens is 248 g/mol. The highest BCUT2D eigenvalue weighted by atomic mass is 16.7. The SMILES string of the molecule is CC1C2CC(CCCCCCC3OCCO3)C(C2)C1C. The Morgan fingerprint density at radius 1 is 0.800 bits per heavy atom. The zero-order chi connectivity index (χ0) is 13.9. The van der Waals surface area contributed by atoms with Crippen LogP contribution in [0.1, 0.15) is 65.2 Å². The third-order valence-electron chi connectivity index (χ3n) is 6.49. The van der Waals surface area contributed by atoms with Crippen LogP contribution in [0, 0.1) is 29.6 Å². The van der Waals surface area contributed by atoms with Crippen molar-refractivity contribution in [1.82, 2.24) is 0 Å². The summed E-state index contributed by atoms with van der Waals surface area (Å²) in [4.78, 5) is 0. The zero-order valence-electron chi connectivity index (χ0n) is 13.4. The maximum absolute atomic E-state index is 5.47. The lowest BCUT2D eigenvalue weighted by Crippen LogP contribution is -2.24. The van der Waals surface area contributed by atoms with Crippen molar-refractivity contribution in [2.45, 2.75) is 71.5 Å². The first-order chi connectivity index (χ1) is 9.75. The maximum Gasteiger partial charge on any atom is 0.157 e. The van der Waals surface area contributed by atoms with Crippen LogP contribution < -0.4 is 0 Å². The molecule has 0 amide bonds. The third kappa shape index (κ3) is 3.22. The summed E-state index contributed by atoms with van der Waals surface area (Å²) < 4.78 is 10.9. The van der Waals surface area contributed by atoms with E-state index in [0.717, 1.165) is 49.2 Å². The highest BCUT2D eigenvalue weighted by Crippen LogP contribution is 2.56. The van der Waals surface area contributed by atoms with Gasteiger partial charge in [0, 0.05) is 0 Å². The van der Waals surface area contributed by atoms with Gasteiger partial charge in [0.1, 0.15) is 0 Å². The molecule has 0 aromatic carbocycles. The molecule has 2 aliphatic carbocycles. The lowest BCUT2D eigenvalue weighted by atomic mass is 9.74. The smallest absolute Gasteiger partial charge is 0.157 e. The monoisotopic (exact) mass is 280 g/mol. The third-order valence-corrected chi connectivity index (χ3v) is 6.49.